The van der Waals surface area contributed by atoms with Crippen LogP contribution in [0.4, 0.5) is 0 Å². The van der Waals surface area contributed by atoms with Crippen LogP contribution in [0.15, 0.2) is 12.4 Å². The van der Waals surface area contributed by atoms with Gasteiger partial charge in [0, 0.05) is 30.9 Å². The van der Waals surface area contributed by atoms with Crippen molar-refractivity contribution in [2.24, 2.45) is 5.92 Å². The number of amides is 1. The molecule has 166 valence electrons. The van der Waals surface area contributed by atoms with Crippen LogP contribution in [0.1, 0.15) is 47.0 Å². The fourth-order valence-corrected chi connectivity index (χ4v) is 3.61. The number of nitrogens with zero attached hydrogens (tertiary/aromatic N) is 3. The molecule has 3 heterocycles. The summed E-state index contributed by atoms with van der Waals surface area (Å²) < 4.78 is 17.7. The number of rotatable bonds is 7. The highest BCUT2D eigenvalue weighted by atomic mass is 16.7. The van der Waals surface area contributed by atoms with Crippen LogP contribution in [0.5, 0.6) is 6.01 Å². The number of aliphatic hydroxyl groups excluding tert-OH is 2. The van der Waals surface area contributed by atoms with Gasteiger partial charge in [-0.05, 0) is 52.9 Å². The Bertz CT molecular complexity index is 714. The standard InChI is InChI=1S/C20H32BN3O6/c1-19(2)20(3,4)30-21(29-19)15-10-22-18(23-11-15)28-9-7-14-6-5-8-24(12-14)17(27)16(26)13-25/h10-11,14,16,25-26H,5-9,12-13H2,1-4H3/t14-,16+/m1/s1. The summed E-state index contributed by atoms with van der Waals surface area (Å²) in [6.07, 6.45) is 4.58. The molecule has 1 aromatic heterocycles. The molecule has 2 atom stereocenters. The van der Waals surface area contributed by atoms with Crippen molar-refractivity contribution in [3.8, 4) is 6.01 Å². The van der Waals surface area contributed by atoms with E-state index in [-0.39, 0.29) is 11.9 Å². The summed E-state index contributed by atoms with van der Waals surface area (Å²) in [6, 6.07) is 0.287. The van der Waals surface area contributed by atoms with Gasteiger partial charge in [0.2, 0.25) is 0 Å². The Balaban J connectivity index is 1.46. The summed E-state index contributed by atoms with van der Waals surface area (Å²) in [6.45, 7) is 9.03. The molecule has 2 N–H and O–H groups in total. The largest absolute Gasteiger partial charge is 0.498 e. The van der Waals surface area contributed by atoms with Gasteiger partial charge in [-0.25, -0.2) is 9.97 Å². The Labute approximate surface area is 177 Å². The molecule has 30 heavy (non-hydrogen) atoms. The van der Waals surface area contributed by atoms with Gasteiger partial charge in [0.05, 0.1) is 24.4 Å². The minimum absolute atomic E-state index is 0.276. The van der Waals surface area contributed by atoms with Gasteiger partial charge in [-0.1, -0.05) is 0 Å². The van der Waals surface area contributed by atoms with Gasteiger partial charge in [0.15, 0.2) is 6.10 Å². The van der Waals surface area contributed by atoms with E-state index < -0.39 is 36.9 Å². The zero-order valence-corrected chi connectivity index (χ0v) is 18.2. The topological polar surface area (TPSA) is 114 Å². The van der Waals surface area contributed by atoms with Crippen LogP contribution in [-0.4, -0.2) is 81.7 Å². The van der Waals surface area contributed by atoms with Crippen molar-refractivity contribution in [2.45, 2.75) is 64.3 Å². The quantitative estimate of drug-likeness (QED) is 0.598. The number of aromatic nitrogens is 2. The van der Waals surface area contributed by atoms with Gasteiger partial charge in [0.25, 0.3) is 5.91 Å². The van der Waals surface area contributed by atoms with E-state index in [1.54, 1.807) is 17.3 Å². The highest BCUT2D eigenvalue weighted by Crippen LogP contribution is 2.36. The van der Waals surface area contributed by atoms with Crippen molar-refractivity contribution in [2.75, 3.05) is 26.3 Å². The van der Waals surface area contributed by atoms with Crippen molar-refractivity contribution < 1.29 is 29.1 Å². The summed E-state index contributed by atoms with van der Waals surface area (Å²) >= 11 is 0. The number of hydrogen-bond donors (Lipinski definition) is 2. The molecule has 2 aliphatic heterocycles. The molecule has 0 bridgehead atoms. The smallest absolute Gasteiger partial charge is 0.463 e. The first-order valence-electron chi connectivity index (χ1n) is 10.5. The molecule has 3 rings (SSSR count). The summed E-state index contributed by atoms with van der Waals surface area (Å²) in [5.74, 6) is -0.137. The minimum atomic E-state index is -1.34. The van der Waals surface area contributed by atoms with E-state index in [9.17, 15) is 9.90 Å². The van der Waals surface area contributed by atoms with Gasteiger partial charge in [-0.3, -0.25) is 4.79 Å². The first-order valence-corrected chi connectivity index (χ1v) is 10.5. The van der Waals surface area contributed by atoms with Crippen molar-refractivity contribution in [3.05, 3.63) is 12.4 Å². The Morgan fingerprint density at radius 1 is 1.30 bits per heavy atom. The van der Waals surface area contributed by atoms with Crippen molar-refractivity contribution in [1.29, 1.82) is 0 Å². The molecule has 9 nitrogen and oxygen atoms in total. The predicted molar refractivity (Wildman–Crippen MR) is 110 cm³/mol. The Morgan fingerprint density at radius 3 is 2.53 bits per heavy atom. The van der Waals surface area contributed by atoms with Gasteiger partial charge < -0.3 is 29.2 Å². The zero-order valence-electron chi connectivity index (χ0n) is 18.2. The molecule has 2 saturated heterocycles. The van der Waals surface area contributed by atoms with Crippen LogP contribution >= 0.6 is 0 Å². The molecule has 1 aromatic rings. The maximum absolute atomic E-state index is 12.0. The average Bonchev–Trinajstić information content (AvgIpc) is 2.94. The van der Waals surface area contributed by atoms with E-state index in [4.69, 9.17) is 19.2 Å². The Morgan fingerprint density at radius 2 is 1.93 bits per heavy atom. The van der Waals surface area contributed by atoms with Crippen molar-refractivity contribution in [1.82, 2.24) is 14.9 Å². The van der Waals surface area contributed by atoms with E-state index in [1.807, 2.05) is 27.7 Å². The normalized spacial score (nSPS) is 24.0. The lowest BCUT2D eigenvalue weighted by Crippen LogP contribution is -2.46. The van der Waals surface area contributed by atoms with Crippen LogP contribution in [0, 0.1) is 5.92 Å². The Hall–Kier alpha value is -1.75. The molecular weight excluding hydrogens is 389 g/mol. The lowest BCUT2D eigenvalue weighted by molar-refractivity contribution is -0.144. The number of hydrogen-bond acceptors (Lipinski definition) is 8. The third-order valence-corrected chi connectivity index (χ3v) is 6.22. The molecular formula is C20H32BN3O6. The molecule has 0 radical (unpaired) electrons. The minimum Gasteiger partial charge on any atom is -0.463 e. The first-order chi connectivity index (χ1) is 14.1. The first kappa shape index (κ1) is 22.9. The lowest BCUT2D eigenvalue weighted by atomic mass is 9.81. The molecule has 0 aliphatic carbocycles. The number of likely N-dealkylation sites (tertiary alicyclic amines) is 1. The second kappa shape index (κ2) is 9.17. The maximum atomic E-state index is 12.0. The fourth-order valence-electron chi connectivity index (χ4n) is 3.61. The number of ether oxygens (including phenoxy) is 1. The third kappa shape index (κ3) is 5.11. The molecule has 2 fully saturated rings. The summed E-state index contributed by atoms with van der Waals surface area (Å²) in [7, 11) is -0.510. The van der Waals surface area contributed by atoms with Gasteiger partial charge in [-0.2, -0.15) is 0 Å². The van der Waals surface area contributed by atoms with Gasteiger partial charge in [-0.15, -0.1) is 0 Å². The molecule has 1 amide bonds. The second-order valence-electron chi connectivity index (χ2n) is 9.02. The molecule has 10 heteroatoms. The van der Waals surface area contributed by atoms with Crippen molar-refractivity contribution in [3.63, 3.8) is 0 Å². The van der Waals surface area contributed by atoms with Crippen LogP contribution in [0.3, 0.4) is 0 Å². The van der Waals surface area contributed by atoms with E-state index in [0.717, 1.165) is 24.7 Å². The summed E-state index contributed by atoms with van der Waals surface area (Å²) in [5.41, 5.74) is -0.102. The Kier molecular flexibility index (Phi) is 7.01. The highest BCUT2D eigenvalue weighted by molar-refractivity contribution is 6.61. The van der Waals surface area contributed by atoms with Crippen LogP contribution in [0.2, 0.25) is 0 Å². The predicted octanol–water partition coefficient (Wildman–Crippen LogP) is 0.137. The highest BCUT2D eigenvalue weighted by Gasteiger charge is 2.52. The lowest BCUT2D eigenvalue weighted by Gasteiger charge is -2.33. The van der Waals surface area contributed by atoms with Gasteiger partial charge in [0.1, 0.15) is 0 Å². The SMILES string of the molecule is CC1(C)OB(c2cnc(OCC[C@H]3CCCN(C(=O)[C@@H](O)CO)C3)nc2)OC1(C)C. The van der Waals surface area contributed by atoms with Crippen LogP contribution < -0.4 is 10.2 Å². The number of aliphatic hydroxyl groups is 2. The van der Waals surface area contributed by atoms with E-state index >= 15 is 0 Å². The number of carbonyl (C=O) groups is 1. The molecule has 0 saturated carbocycles. The van der Waals surface area contributed by atoms with Gasteiger partial charge >= 0.3 is 13.1 Å². The summed E-state index contributed by atoms with van der Waals surface area (Å²) in [5, 5.41) is 18.5. The molecule has 0 unspecified atom stereocenters. The van der Waals surface area contributed by atoms with Crippen molar-refractivity contribution >= 4 is 18.5 Å². The van der Waals surface area contributed by atoms with Crippen LogP contribution in [-0.2, 0) is 14.1 Å². The van der Waals surface area contributed by atoms with Crippen LogP contribution in [0.25, 0.3) is 0 Å². The third-order valence-electron chi connectivity index (χ3n) is 6.22. The zero-order chi connectivity index (χ0) is 21.9. The molecule has 0 aromatic carbocycles. The second-order valence-corrected chi connectivity index (χ2v) is 9.02. The monoisotopic (exact) mass is 421 g/mol. The fraction of sp³-hybridized carbons (Fsp3) is 0.750. The number of piperidine rings is 1. The average molecular weight is 421 g/mol. The molecule has 2 aliphatic rings. The van der Waals surface area contributed by atoms with E-state index in [1.165, 1.54) is 0 Å². The molecule has 0 spiro atoms. The summed E-state index contributed by atoms with van der Waals surface area (Å²) in [4.78, 5) is 22.2. The maximum Gasteiger partial charge on any atom is 0.498 e. The number of carbonyl (C=O) groups excluding carboxylic acids is 1. The van der Waals surface area contributed by atoms with E-state index in [0.29, 0.717) is 19.7 Å². The van der Waals surface area contributed by atoms with E-state index in [2.05, 4.69) is 9.97 Å².